The van der Waals surface area contributed by atoms with Crippen LogP contribution in [0.5, 0.6) is 0 Å². The summed E-state index contributed by atoms with van der Waals surface area (Å²) in [5.41, 5.74) is 1.36. The molecule has 0 aromatic heterocycles. The Kier molecular flexibility index (Phi) is 5.64. The van der Waals surface area contributed by atoms with E-state index >= 15 is 0 Å². The smallest absolute Gasteiger partial charge is 0.270 e. The summed E-state index contributed by atoms with van der Waals surface area (Å²) >= 11 is 0. The minimum absolute atomic E-state index is 0. The summed E-state index contributed by atoms with van der Waals surface area (Å²) in [6, 6.07) is 0. The Morgan fingerprint density at radius 1 is 1.75 bits per heavy atom. The number of hydrogen-bond acceptors (Lipinski definition) is 0. The summed E-state index contributed by atoms with van der Waals surface area (Å²) in [5, 5.41) is 0. The predicted molar refractivity (Wildman–Crippen MR) is 30.8 cm³/mol. The van der Waals surface area contributed by atoms with Crippen molar-refractivity contribution in [1.29, 1.82) is 0 Å². The van der Waals surface area contributed by atoms with Gasteiger partial charge in [0.2, 0.25) is 0 Å². The zero-order valence-corrected chi connectivity index (χ0v) is 8.69. The molecule has 0 radical (unpaired) electrons. The van der Waals surface area contributed by atoms with Crippen molar-refractivity contribution in [3.8, 4) is 0 Å². The van der Waals surface area contributed by atoms with E-state index in [1.807, 2.05) is 0 Å². The van der Waals surface area contributed by atoms with Gasteiger partial charge in [-0.25, -0.2) is 11.6 Å². The van der Waals surface area contributed by atoms with Gasteiger partial charge in [0.05, 0.1) is 0 Å². The van der Waals surface area contributed by atoms with Gasteiger partial charge in [-0.05, 0) is 0 Å². The number of hydrogen-bond donors (Lipinski definition) is 0. The molecule has 0 aromatic carbocycles. The van der Waals surface area contributed by atoms with E-state index in [1.54, 1.807) is 0 Å². The van der Waals surface area contributed by atoms with Crippen LogP contribution >= 0.6 is 0 Å². The van der Waals surface area contributed by atoms with Crippen LogP contribution in [0.3, 0.4) is 0 Å². The fourth-order valence-corrected chi connectivity index (χ4v) is 0.693. The molecule has 0 heterocycles. The van der Waals surface area contributed by atoms with Gasteiger partial charge in [0, 0.05) is 0 Å². The van der Waals surface area contributed by atoms with Crippen LogP contribution in [0, 0.1) is 6.08 Å². The minimum Gasteiger partial charge on any atom is -0.270 e. The molecule has 0 bridgehead atoms. The maximum Gasteiger partial charge on any atom is 1.00 e. The molecular weight excluding hydrogens is 123 g/mol. The van der Waals surface area contributed by atoms with E-state index in [4.69, 9.17) is 0 Å². The minimum atomic E-state index is 0. The van der Waals surface area contributed by atoms with Gasteiger partial charge in [-0.3, -0.25) is 6.08 Å². The Labute approximate surface area is 93.5 Å². The average molecular weight is 132 g/mol. The van der Waals surface area contributed by atoms with Gasteiger partial charge < -0.3 is 0 Å². The fourth-order valence-electron chi connectivity index (χ4n) is 0.693. The SMILES string of the molecule is CCC1=[C-]CC=C1.[K+]. The molecule has 0 saturated heterocycles. The molecule has 0 aromatic rings. The molecule has 0 nitrogen and oxygen atoms in total. The maximum absolute atomic E-state index is 3.21. The predicted octanol–water partition coefficient (Wildman–Crippen LogP) is -0.910. The quantitative estimate of drug-likeness (QED) is 0.320. The van der Waals surface area contributed by atoms with Crippen molar-refractivity contribution < 1.29 is 51.4 Å². The molecule has 0 saturated carbocycles. The topological polar surface area (TPSA) is 0 Å². The standard InChI is InChI=1S/C7H9.K/c1-2-7-5-3-4-6-7;/h3,5H,2,4H2,1H3;/q-1;+1. The van der Waals surface area contributed by atoms with E-state index in [1.165, 1.54) is 5.57 Å². The molecule has 0 unspecified atom stereocenters. The summed E-state index contributed by atoms with van der Waals surface area (Å²) in [4.78, 5) is 0. The molecule has 0 aliphatic heterocycles. The summed E-state index contributed by atoms with van der Waals surface area (Å²) in [6.45, 7) is 2.15. The van der Waals surface area contributed by atoms with Gasteiger partial charge in [-0.1, -0.05) is 13.3 Å². The van der Waals surface area contributed by atoms with E-state index < -0.39 is 0 Å². The van der Waals surface area contributed by atoms with Crippen molar-refractivity contribution in [3.63, 3.8) is 0 Å². The van der Waals surface area contributed by atoms with E-state index in [2.05, 4.69) is 25.2 Å². The summed E-state index contributed by atoms with van der Waals surface area (Å²) in [7, 11) is 0. The first kappa shape index (κ1) is 9.12. The zero-order valence-electron chi connectivity index (χ0n) is 5.57. The van der Waals surface area contributed by atoms with Crippen LogP contribution in [0.1, 0.15) is 19.8 Å². The van der Waals surface area contributed by atoms with Gasteiger partial charge in [0.15, 0.2) is 0 Å². The van der Waals surface area contributed by atoms with Gasteiger partial charge in [-0.15, -0.1) is 6.42 Å². The van der Waals surface area contributed by atoms with E-state index in [-0.39, 0.29) is 51.4 Å². The Morgan fingerprint density at radius 3 is 2.75 bits per heavy atom. The molecule has 1 heteroatoms. The van der Waals surface area contributed by atoms with Gasteiger partial charge in [0.25, 0.3) is 0 Å². The van der Waals surface area contributed by atoms with Crippen molar-refractivity contribution in [1.82, 2.24) is 0 Å². The van der Waals surface area contributed by atoms with Crippen LogP contribution in [-0.4, -0.2) is 0 Å². The Hall–Kier alpha value is 1.12. The van der Waals surface area contributed by atoms with Crippen molar-refractivity contribution in [2.75, 3.05) is 0 Å². The summed E-state index contributed by atoms with van der Waals surface area (Å²) in [6.07, 6.45) is 9.65. The first-order valence-electron chi connectivity index (χ1n) is 2.69. The average Bonchev–Trinajstić information content (AvgIpc) is 2.14. The van der Waals surface area contributed by atoms with E-state index in [0.29, 0.717) is 0 Å². The zero-order chi connectivity index (χ0) is 5.11. The van der Waals surface area contributed by atoms with Crippen LogP contribution in [0.4, 0.5) is 0 Å². The second-order valence-electron chi connectivity index (χ2n) is 1.66. The maximum atomic E-state index is 3.21. The van der Waals surface area contributed by atoms with Crippen molar-refractivity contribution in [3.05, 3.63) is 23.8 Å². The van der Waals surface area contributed by atoms with Gasteiger partial charge in [-0.2, -0.15) is 6.08 Å². The van der Waals surface area contributed by atoms with E-state index in [0.717, 1.165) is 12.8 Å². The Morgan fingerprint density at radius 2 is 2.50 bits per heavy atom. The molecule has 1 rings (SSSR count). The first-order valence-corrected chi connectivity index (χ1v) is 2.69. The molecule has 0 atom stereocenters. The monoisotopic (exact) mass is 132 g/mol. The summed E-state index contributed by atoms with van der Waals surface area (Å²) in [5.74, 6) is 0. The number of rotatable bonds is 1. The molecule has 0 N–H and O–H groups in total. The first-order chi connectivity index (χ1) is 3.43. The normalized spacial score (nSPS) is 15.4. The van der Waals surface area contributed by atoms with Crippen LogP contribution in [0.25, 0.3) is 0 Å². The third-order valence-corrected chi connectivity index (χ3v) is 1.15. The second-order valence-corrected chi connectivity index (χ2v) is 1.66. The molecule has 0 fully saturated rings. The molecule has 0 amide bonds. The van der Waals surface area contributed by atoms with E-state index in [9.17, 15) is 0 Å². The third kappa shape index (κ3) is 2.60. The molecule has 1 aliphatic carbocycles. The largest absolute Gasteiger partial charge is 1.00 e. The molecule has 0 spiro atoms. The Balaban J connectivity index is 0.000000490. The van der Waals surface area contributed by atoms with Crippen molar-refractivity contribution in [2.45, 2.75) is 19.8 Å². The van der Waals surface area contributed by atoms with Crippen LogP contribution in [0.15, 0.2) is 17.7 Å². The Bertz CT molecular complexity index is 112. The number of allylic oxidation sites excluding steroid dienone is 4. The van der Waals surface area contributed by atoms with Crippen LogP contribution in [0.2, 0.25) is 0 Å². The van der Waals surface area contributed by atoms with Crippen LogP contribution < -0.4 is 51.4 Å². The second kappa shape index (κ2) is 4.95. The molecule has 8 heavy (non-hydrogen) atoms. The van der Waals surface area contributed by atoms with Gasteiger partial charge in [0.1, 0.15) is 0 Å². The third-order valence-electron chi connectivity index (χ3n) is 1.15. The van der Waals surface area contributed by atoms with Gasteiger partial charge >= 0.3 is 51.4 Å². The fraction of sp³-hybridized carbons (Fsp3) is 0.429. The molecule has 1 aliphatic rings. The molecule has 38 valence electrons. The molecular formula is C7H9K. The van der Waals surface area contributed by atoms with Crippen molar-refractivity contribution >= 4 is 0 Å². The van der Waals surface area contributed by atoms with Crippen LogP contribution in [-0.2, 0) is 0 Å². The van der Waals surface area contributed by atoms with Crippen molar-refractivity contribution in [2.24, 2.45) is 0 Å². The summed E-state index contributed by atoms with van der Waals surface area (Å²) < 4.78 is 0.